The molecule has 2 aromatic heterocycles. The summed E-state index contributed by atoms with van der Waals surface area (Å²) in [5.41, 5.74) is 0.317. The van der Waals surface area contributed by atoms with Gasteiger partial charge in [0.15, 0.2) is 5.82 Å². The zero-order chi connectivity index (χ0) is 75.2. The number of ether oxygens (including phenoxy) is 2. The van der Waals surface area contributed by atoms with Gasteiger partial charge in [-0.1, -0.05) is 81.0 Å². The number of carbonyl (C=O) groups excluding carboxylic acids is 12. The number of urea groups is 2. The number of benzene rings is 2. The van der Waals surface area contributed by atoms with Crippen LogP contribution < -0.4 is 41.4 Å². The molecule has 105 heavy (non-hydrogen) atoms. The van der Waals surface area contributed by atoms with Crippen LogP contribution in [0.2, 0.25) is 0 Å². The van der Waals surface area contributed by atoms with Gasteiger partial charge in [-0.2, -0.15) is 0 Å². The second kappa shape index (κ2) is 35.8. The van der Waals surface area contributed by atoms with Crippen molar-refractivity contribution in [3.05, 3.63) is 65.5 Å². The summed E-state index contributed by atoms with van der Waals surface area (Å²) in [5, 5.41) is 57.4. The fourth-order valence-corrected chi connectivity index (χ4v) is 18.2. The second-order valence-electron chi connectivity index (χ2n) is 25.1. The van der Waals surface area contributed by atoms with E-state index < -0.39 is 142 Å². The summed E-state index contributed by atoms with van der Waals surface area (Å²) in [5.74, 6) is -8.07. The molecular formula is C63H80N20O18S4. The zero-order valence-corrected chi connectivity index (χ0v) is 60.8. The Hall–Kier alpha value is -9.84. The number of nitrogens with one attached hydrogen (secondary N) is 6. The molecule has 2 aromatic carbocycles. The Morgan fingerprint density at radius 3 is 1.43 bits per heavy atom. The van der Waals surface area contributed by atoms with Crippen LogP contribution in [0.25, 0.3) is 0 Å². The maximum Gasteiger partial charge on any atom is 0.412 e. The molecule has 10 rings (SSSR count). The normalized spacial score (nSPS) is 22.0. The number of aliphatic carboxylic acids is 2. The number of carbonyl (C=O) groups is 14. The number of unbranched alkanes of at least 4 members (excludes halogenated alkanes) is 8. The van der Waals surface area contributed by atoms with Gasteiger partial charge < -0.3 is 71.2 Å². The van der Waals surface area contributed by atoms with Crippen LogP contribution in [0.4, 0.5) is 19.2 Å². The van der Waals surface area contributed by atoms with Gasteiger partial charge in [0, 0.05) is 94.9 Å². The molecule has 0 radical (unpaired) electrons. The van der Waals surface area contributed by atoms with Gasteiger partial charge in [-0.05, 0) is 82.9 Å². The largest absolute Gasteiger partial charge is 0.480 e. The van der Waals surface area contributed by atoms with E-state index in [2.05, 4.69) is 63.0 Å². The fourth-order valence-electron chi connectivity index (χ4n) is 12.6. The molecule has 0 aliphatic carbocycles. The van der Waals surface area contributed by atoms with Crippen molar-refractivity contribution in [1.82, 2.24) is 102 Å². The zero-order valence-electron chi connectivity index (χ0n) is 57.6. The highest BCUT2D eigenvalue weighted by atomic mass is 32.2. The lowest BCUT2D eigenvalue weighted by Gasteiger charge is -2.54. The van der Waals surface area contributed by atoms with Gasteiger partial charge in [-0.3, -0.25) is 48.2 Å². The minimum absolute atomic E-state index is 0.0664. The Kier molecular flexibility index (Phi) is 26.5. The summed E-state index contributed by atoms with van der Waals surface area (Å²) in [4.78, 5) is 192. The number of imide groups is 2. The van der Waals surface area contributed by atoms with E-state index >= 15 is 0 Å². The third-order valence-corrected chi connectivity index (χ3v) is 23.9. The summed E-state index contributed by atoms with van der Waals surface area (Å²) >= 11 is 5.10. The highest BCUT2D eigenvalue weighted by Gasteiger charge is 2.60. The number of fused-ring (bicyclic) bond motifs is 2. The maximum atomic E-state index is 14.2. The van der Waals surface area contributed by atoms with Gasteiger partial charge in [-0.15, -0.1) is 45.5 Å². The summed E-state index contributed by atoms with van der Waals surface area (Å²) in [6.45, 7) is 4.33. The summed E-state index contributed by atoms with van der Waals surface area (Å²) in [6.07, 6.45) is 6.27. The van der Waals surface area contributed by atoms with Gasteiger partial charge in [0.2, 0.25) is 28.8 Å². The summed E-state index contributed by atoms with van der Waals surface area (Å²) < 4.78 is 13.9. The Morgan fingerprint density at radius 2 is 1.00 bits per heavy atom. The predicted molar refractivity (Wildman–Crippen MR) is 373 cm³/mol. The number of hydrogen-bond acceptors (Lipinski definition) is 26. The van der Waals surface area contributed by atoms with Crippen LogP contribution in [0.15, 0.2) is 53.7 Å². The van der Waals surface area contributed by atoms with E-state index in [4.69, 9.17) is 9.47 Å². The van der Waals surface area contributed by atoms with E-state index in [9.17, 15) is 77.3 Å². The van der Waals surface area contributed by atoms with Crippen molar-refractivity contribution in [1.29, 1.82) is 0 Å². The lowest BCUT2D eigenvalue weighted by atomic mass is 9.94. The molecule has 0 saturated carbocycles. The van der Waals surface area contributed by atoms with Gasteiger partial charge in [-0.25, -0.2) is 38.1 Å². The number of carboxylic acid groups (broad SMARTS) is 2. The topological polar surface area (TPSA) is 477 Å². The molecule has 42 heteroatoms. The van der Waals surface area contributed by atoms with E-state index in [1.165, 1.54) is 125 Å². The number of piperazine rings is 2. The number of likely N-dealkylation sites (N-methyl/N-ethyl adjacent to an activating group) is 2. The molecule has 4 aromatic rings. The van der Waals surface area contributed by atoms with Crippen LogP contribution in [0, 0.1) is 5.92 Å². The van der Waals surface area contributed by atoms with Crippen LogP contribution in [0.5, 0.6) is 11.5 Å². The molecule has 0 bridgehead atoms. The van der Waals surface area contributed by atoms with Crippen LogP contribution in [-0.2, 0) is 67.8 Å². The average molecular weight is 1530 g/mol. The van der Waals surface area contributed by atoms with Crippen molar-refractivity contribution in [2.24, 2.45) is 20.0 Å². The number of β-lactam (4-membered cyclic amide) rings is 2. The quantitative estimate of drug-likeness (QED) is 0.0142. The van der Waals surface area contributed by atoms with Crippen molar-refractivity contribution in [3.8, 4) is 11.5 Å². The van der Waals surface area contributed by atoms with E-state index in [1.54, 1.807) is 27.9 Å². The molecule has 6 saturated heterocycles. The fraction of sp³-hybridized carbons (Fsp3) is 0.556. The van der Waals surface area contributed by atoms with E-state index in [1.807, 2.05) is 0 Å². The summed E-state index contributed by atoms with van der Waals surface area (Å²) in [7, 11) is 3.29. The molecule has 10 atom stereocenters. The van der Waals surface area contributed by atoms with Crippen molar-refractivity contribution in [3.63, 3.8) is 0 Å². The smallest absolute Gasteiger partial charge is 0.412 e. The Bertz CT molecular complexity index is 3680. The minimum Gasteiger partial charge on any atom is -0.480 e. The molecule has 38 nitrogen and oxygen atoms in total. The van der Waals surface area contributed by atoms with E-state index in [0.29, 0.717) is 58.2 Å². The van der Waals surface area contributed by atoms with Crippen LogP contribution in [0.1, 0.15) is 101 Å². The first kappa shape index (κ1) is 77.8. The van der Waals surface area contributed by atoms with Gasteiger partial charge in [0.05, 0.1) is 5.75 Å². The Labute approximate surface area is 617 Å². The Morgan fingerprint density at radius 1 is 0.562 bits per heavy atom. The molecule has 8 heterocycles. The lowest BCUT2D eigenvalue weighted by Crippen LogP contribution is -2.76. The highest BCUT2D eigenvalue weighted by Crippen LogP contribution is 2.44. The first-order chi connectivity index (χ1) is 50.5. The standard InChI is InChI=1S/C63H80N20O18S4/c1-5-78-26-28-80(53(90)51(78)88)59(96)68-41(47(84)66-43-49(86)82-45(57(92)93)36(30-103-55(43)82)31-105-61-71-73-75-77(61)4)34-16-20-37(21-17-34)100-62(98)64-24-14-12-10-8-7-9-11-13-15-25-65-63(99)101-38-22-18-35(19-23-38)42(69-60(97)81-29-27-79(6-2)52(89)54(81)91)48(85)67-44-50(87)83-46(58(94)95)39(32-104-56(44)83)102-33-40-70-72-74-76(40)3/h16-23,36,39,41-46,55-56H,5-15,24-33H2,1-4H3,(H,64,98)(H,65,99)(H,66,84)(H,67,85)(H,68,96)(H,69,97)(H,92,93)(H,94,95)/t36?,39?,41?,42?,43-,44-,45?,46?,55?,56?/m0/s1. The van der Waals surface area contributed by atoms with Gasteiger partial charge in [0.1, 0.15) is 58.5 Å². The highest BCUT2D eigenvalue weighted by molar-refractivity contribution is 8.03. The maximum absolute atomic E-state index is 14.2. The third-order valence-electron chi connectivity index (χ3n) is 18.4. The molecule has 6 aliphatic heterocycles. The minimum atomic E-state index is -1.54. The number of aromatic nitrogens is 8. The number of carboxylic acids is 2. The number of amides is 14. The number of aryl methyl sites for hydroxylation is 2. The van der Waals surface area contributed by atoms with Gasteiger partial charge in [0.25, 0.3) is 0 Å². The molecule has 6 aliphatic rings. The first-order valence-corrected chi connectivity index (χ1v) is 38.2. The molecule has 6 fully saturated rings. The molecule has 14 amide bonds. The molecule has 564 valence electrons. The molecule has 0 spiro atoms. The van der Waals surface area contributed by atoms with Crippen molar-refractivity contribution < 1.29 is 86.8 Å². The lowest BCUT2D eigenvalue weighted by molar-refractivity contribution is -0.164. The monoisotopic (exact) mass is 1530 g/mol. The van der Waals surface area contributed by atoms with Crippen molar-refractivity contribution in [2.45, 2.75) is 135 Å². The van der Waals surface area contributed by atoms with E-state index in [-0.39, 0.29) is 73.4 Å². The van der Waals surface area contributed by atoms with Crippen LogP contribution in [0.3, 0.4) is 0 Å². The number of rotatable bonds is 32. The van der Waals surface area contributed by atoms with Gasteiger partial charge >= 0.3 is 59.8 Å². The molecule has 8 unspecified atom stereocenters. The third kappa shape index (κ3) is 18.5. The Balaban J connectivity index is 0.620. The molecular weight excluding hydrogens is 1450 g/mol. The van der Waals surface area contributed by atoms with Crippen LogP contribution in [-0.4, -0.2) is 273 Å². The number of hydrogen-bond donors (Lipinski definition) is 8. The number of nitrogens with zero attached hydrogens (tertiary/aromatic N) is 14. The second-order valence-corrected chi connectivity index (χ2v) is 29.6. The predicted octanol–water partition coefficient (Wildman–Crippen LogP) is 0.421. The summed E-state index contributed by atoms with van der Waals surface area (Å²) in [6, 6.07) is 1.23. The molecule has 8 N–H and O–H groups in total. The van der Waals surface area contributed by atoms with Crippen molar-refractivity contribution in [2.75, 3.05) is 69.6 Å². The van der Waals surface area contributed by atoms with E-state index in [0.717, 1.165) is 44.9 Å². The number of tetrazole rings is 2. The van der Waals surface area contributed by atoms with Crippen molar-refractivity contribution >= 4 is 130 Å². The SMILES string of the molecule is CCN1CCN(C(=O)NC(C(=O)N[C@H]2C(=O)N3C(C(=O)O)C(CSc4nnnn4C)CSC23)c2ccc(OC(=O)NCCCCCCCCCCCNC(=O)Oc3ccc(C(NC(=O)N4CCN(CC)C(=O)C4=O)C(=O)N[C@H]4C(=O)N5C(C(=O)O)C(SCc6nnnn6C)CSC45)cc3)cc2)C(=O)C1=O. The average Bonchev–Trinajstić information content (AvgIpc) is 1.73. The van der Waals surface area contributed by atoms with Crippen LogP contribution >= 0.6 is 47.0 Å². The first-order valence-electron chi connectivity index (χ1n) is 34.0. The number of thioether (sulfide) groups is 4.